The van der Waals surface area contributed by atoms with Crippen molar-refractivity contribution in [1.29, 1.82) is 0 Å². The fraction of sp³-hybridized carbons (Fsp3) is 0.261. The van der Waals surface area contributed by atoms with Gasteiger partial charge in [-0.15, -0.1) is 0 Å². The quantitative estimate of drug-likeness (QED) is 0.583. The number of pyridine rings is 1. The Kier molecular flexibility index (Phi) is 6.66. The average molecular weight is 483 g/mol. The first-order valence-corrected chi connectivity index (χ1v) is 10.9. The number of carbonyl (C=O) groups excluding carboxylic acids is 2. The van der Waals surface area contributed by atoms with Crippen molar-refractivity contribution in [2.75, 3.05) is 31.1 Å². The zero-order valence-electron chi connectivity index (χ0n) is 16.9. The van der Waals surface area contributed by atoms with Crippen molar-refractivity contribution in [3.8, 4) is 0 Å². The third kappa shape index (κ3) is 5.32. The fourth-order valence-electron chi connectivity index (χ4n) is 3.62. The van der Waals surface area contributed by atoms with Crippen molar-refractivity contribution in [3.05, 3.63) is 82.9 Å². The maximum atomic E-state index is 13.3. The van der Waals surface area contributed by atoms with Crippen LogP contribution in [-0.4, -0.2) is 53.9 Å². The van der Waals surface area contributed by atoms with Gasteiger partial charge in [0, 0.05) is 43.3 Å². The molecule has 1 unspecified atom stereocenters. The van der Waals surface area contributed by atoms with Crippen LogP contribution in [0.1, 0.15) is 16.1 Å². The maximum Gasteiger partial charge on any atom is 0.287 e. The number of nitrogens with one attached hydrogen (secondary N) is 1. The second kappa shape index (κ2) is 9.78. The second-order valence-corrected chi connectivity index (χ2v) is 8.26. The summed E-state index contributed by atoms with van der Waals surface area (Å²) in [6.45, 7) is 2.51. The number of furan rings is 1. The summed E-state index contributed by atoms with van der Waals surface area (Å²) in [5.41, 5.74) is 0.985. The Labute approximate surface area is 189 Å². The van der Waals surface area contributed by atoms with Crippen molar-refractivity contribution in [1.82, 2.24) is 15.2 Å². The fourth-order valence-corrected chi connectivity index (χ4v) is 3.85. The van der Waals surface area contributed by atoms with Gasteiger partial charge in [-0.1, -0.05) is 30.3 Å². The molecule has 0 radical (unpaired) electrons. The van der Waals surface area contributed by atoms with Crippen LogP contribution in [0.4, 0.5) is 5.82 Å². The van der Waals surface area contributed by atoms with Gasteiger partial charge in [-0.2, -0.15) is 0 Å². The van der Waals surface area contributed by atoms with E-state index in [2.05, 4.69) is 31.1 Å². The number of halogens is 1. The molecule has 8 heteroatoms. The minimum Gasteiger partial charge on any atom is -0.459 e. The number of anilines is 1. The van der Waals surface area contributed by atoms with E-state index in [9.17, 15) is 9.59 Å². The third-order valence-corrected chi connectivity index (χ3v) is 5.73. The Hall–Kier alpha value is -3.13. The predicted octanol–water partition coefficient (Wildman–Crippen LogP) is 3.13. The smallest absolute Gasteiger partial charge is 0.287 e. The number of hydrogen-bond acceptors (Lipinski definition) is 5. The van der Waals surface area contributed by atoms with E-state index >= 15 is 0 Å². The van der Waals surface area contributed by atoms with Crippen LogP contribution < -0.4 is 10.2 Å². The van der Waals surface area contributed by atoms with E-state index in [1.807, 2.05) is 47.4 Å². The van der Waals surface area contributed by atoms with Crippen LogP contribution in [-0.2, 0) is 11.2 Å². The van der Waals surface area contributed by atoms with E-state index in [0.29, 0.717) is 32.6 Å². The van der Waals surface area contributed by atoms with Crippen LogP contribution in [0.15, 0.2) is 75.9 Å². The summed E-state index contributed by atoms with van der Waals surface area (Å²) in [6.07, 6.45) is 3.63. The van der Waals surface area contributed by atoms with Gasteiger partial charge in [-0.3, -0.25) is 9.59 Å². The van der Waals surface area contributed by atoms with E-state index in [1.165, 1.54) is 6.26 Å². The highest BCUT2D eigenvalue weighted by Crippen LogP contribution is 2.17. The number of amides is 2. The second-order valence-electron chi connectivity index (χ2n) is 7.34. The average Bonchev–Trinajstić information content (AvgIpc) is 3.35. The standard InChI is InChI=1S/C23H23BrN4O3/c24-18-8-9-21(25-16-18)27-10-12-28(13-11-27)23(30)19(15-17-5-2-1-3-6-17)26-22(29)20-7-4-14-31-20/h1-9,14,16,19H,10-13,15H2,(H,26,29). The molecular formula is C23H23BrN4O3. The SMILES string of the molecule is O=C(NC(Cc1ccccc1)C(=O)N1CCN(c2ccc(Br)cn2)CC1)c1ccco1. The highest BCUT2D eigenvalue weighted by atomic mass is 79.9. The Morgan fingerprint density at radius 3 is 2.45 bits per heavy atom. The molecule has 31 heavy (non-hydrogen) atoms. The van der Waals surface area contributed by atoms with E-state index in [-0.39, 0.29) is 11.7 Å². The summed E-state index contributed by atoms with van der Waals surface area (Å²) in [7, 11) is 0. The summed E-state index contributed by atoms with van der Waals surface area (Å²) in [5.74, 6) is 0.600. The molecule has 1 saturated heterocycles. The molecule has 7 nitrogen and oxygen atoms in total. The number of piperazine rings is 1. The van der Waals surface area contributed by atoms with Gasteiger partial charge in [-0.05, 0) is 45.8 Å². The first-order chi connectivity index (χ1) is 15.1. The van der Waals surface area contributed by atoms with Gasteiger partial charge in [0.05, 0.1) is 6.26 Å². The molecule has 1 atom stereocenters. The number of hydrogen-bond donors (Lipinski definition) is 1. The van der Waals surface area contributed by atoms with Crippen molar-refractivity contribution in [3.63, 3.8) is 0 Å². The molecule has 1 aliphatic rings. The third-order valence-electron chi connectivity index (χ3n) is 5.26. The molecule has 160 valence electrons. The first-order valence-electron chi connectivity index (χ1n) is 10.1. The van der Waals surface area contributed by atoms with Gasteiger partial charge in [0.2, 0.25) is 5.91 Å². The molecule has 1 fully saturated rings. The highest BCUT2D eigenvalue weighted by Gasteiger charge is 2.30. The molecule has 1 N–H and O–H groups in total. The zero-order valence-corrected chi connectivity index (χ0v) is 18.5. The summed E-state index contributed by atoms with van der Waals surface area (Å²) in [4.78, 5) is 34.3. The number of carbonyl (C=O) groups is 2. The molecular weight excluding hydrogens is 460 g/mol. The molecule has 3 aromatic rings. The zero-order chi connectivity index (χ0) is 21.6. The lowest BCUT2D eigenvalue weighted by Gasteiger charge is -2.37. The first kappa shape index (κ1) is 21.1. The molecule has 0 spiro atoms. The monoisotopic (exact) mass is 482 g/mol. The molecule has 0 saturated carbocycles. The van der Waals surface area contributed by atoms with Gasteiger partial charge >= 0.3 is 0 Å². The predicted molar refractivity (Wildman–Crippen MR) is 121 cm³/mol. The largest absolute Gasteiger partial charge is 0.459 e. The lowest BCUT2D eigenvalue weighted by atomic mass is 10.0. The van der Waals surface area contributed by atoms with Crippen LogP contribution in [0.3, 0.4) is 0 Å². The molecule has 3 heterocycles. The van der Waals surface area contributed by atoms with E-state index in [0.717, 1.165) is 15.9 Å². The summed E-state index contributed by atoms with van der Waals surface area (Å²) < 4.78 is 6.12. The molecule has 1 aliphatic heterocycles. The van der Waals surface area contributed by atoms with Crippen LogP contribution >= 0.6 is 15.9 Å². The number of benzene rings is 1. The van der Waals surface area contributed by atoms with Crippen LogP contribution in [0, 0.1) is 0 Å². The molecule has 1 aromatic carbocycles. The normalized spacial score (nSPS) is 14.9. The van der Waals surface area contributed by atoms with Crippen molar-refractivity contribution >= 4 is 33.6 Å². The van der Waals surface area contributed by atoms with Crippen LogP contribution in [0.2, 0.25) is 0 Å². The van der Waals surface area contributed by atoms with Gasteiger partial charge in [0.15, 0.2) is 5.76 Å². The van der Waals surface area contributed by atoms with Gasteiger partial charge < -0.3 is 19.5 Å². The van der Waals surface area contributed by atoms with Gasteiger partial charge in [0.25, 0.3) is 5.91 Å². The Balaban J connectivity index is 1.43. The Bertz CT molecular complexity index is 1000. The van der Waals surface area contributed by atoms with Crippen LogP contribution in [0.5, 0.6) is 0 Å². The number of aromatic nitrogens is 1. The lowest BCUT2D eigenvalue weighted by Crippen LogP contribution is -2.55. The minimum absolute atomic E-state index is 0.0906. The van der Waals surface area contributed by atoms with E-state index < -0.39 is 11.9 Å². The molecule has 0 bridgehead atoms. The van der Waals surface area contributed by atoms with Crippen molar-refractivity contribution in [2.24, 2.45) is 0 Å². The number of rotatable bonds is 6. The van der Waals surface area contributed by atoms with E-state index in [1.54, 1.807) is 18.3 Å². The molecule has 0 aliphatic carbocycles. The lowest BCUT2D eigenvalue weighted by molar-refractivity contribution is -0.133. The summed E-state index contributed by atoms with van der Waals surface area (Å²) in [5, 5.41) is 2.86. The maximum absolute atomic E-state index is 13.3. The number of nitrogens with zero attached hydrogens (tertiary/aromatic N) is 3. The molecule has 2 amide bonds. The van der Waals surface area contributed by atoms with Crippen LogP contribution in [0.25, 0.3) is 0 Å². The molecule has 4 rings (SSSR count). The van der Waals surface area contributed by atoms with E-state index in [4.69, 9.17) is 4.42 Å². The van der Waals surface area contributed by atoms with Gasteiger partial charge in [0.1, 0.15) is 11.9 Å². The Morgan fingerprint density at radius 1 is 1.03 bits per heavy atom. The summed E-state index contributed by atoms with van der Waals surface area (Å²) >= 11 is 3.40. The van der Waals surface area contributed by atoms with Crippen molar-refractivity contribution < 1.29 is 14.0 Å². The topological polar surface area (TPSA) is 78.7 Å². The molecule has 2 aromatic heterocycles. The summed E-state index contributed by atoms with van der Waals surface area (Å²) in [6, 6.07) is 16.2. The van der Waals surface area contributed by atoms with Gasteiger partial charge in [-0.25, -0.2) is 4.98 Å². The Morgan fingerprint density at radius 2 is 1.81 bits per heavy atom. The minimum atomic E-state index is -0.669. The van der Waals surface area contributed by atoms with Crippen molar-refractivity contribution in [2.45, 2.75) is 12.5 Å². The highest BCUT2D eigenvalue weighted by molar-refractivity contribution is 9.10.